The normalized spacial score (nSPS) is 16.0. The van der Waals surface area contributed by atoms with Gasteiger partial charge in [-0.05, 0) is 25.5 Å². The molecule has 2 heterocycles. The smallest absolute Gasteiger partial charge is 0.281 e. The Hall–Kier alpha value is -2.10. The van der Waals surface area contributed by atoms with Crippen LogP contribution < -0.4 is 5.56 Å². The Labute approximate surface area is 112 Å². The van der Waals surface area contributed by atoms with E-state index in [0.717, 1.165) is 36.4 Å². The number of para-hydroxylation sites is 1. The van der Waals surface area contributed by atoms with Crippen molar-refractivity contribution in [2.45, 2.75) is 19.9 Å². The number of nitrogens with zero attached hydrogens (tertiary/aromatic N) is 3. The van der Waals surface area contributed by atoms with Gasteiger partial charge < -0.3 is 9.47 Å². The van der Waals surface area contributed by atoms with E-state index in [1.54, 1.807) is 0 Å². The Kier molecular flexibility index (Phi) is 2.85. The molecule has 1 aliphatic heterocycles. The number of benzene rings is 1. The Morgan fingerprint density at radius 2 is 2.21 bits per heavy atom. The van der Waals surface area contributed by atoms with Crippen LogP contribution in [0.2, 0.25) is 0 Å². The minimum Gasteiger partial charge on any atom is -0.380 e. The fourth-order valence-electron chi connectivity index (χ4n) is 2.52. The van der Waals surface area contributed by atoms with E-state index in [4.69, 9.17) is 0 Å². The van der Waals surface area contributed by atoms with E-state index in [0.29, 0.717) is 5.39 Å². The van der Waals surface area contributed by atoms with Gasteiger partial charge in [-0.2, -0.15) is 4.98 Å². The standard InChI is InChI=1S/C15H17N3O/c1-3-17(2)10-11-8-9-18-13-7-5-4-6-12(13)15(19)16-14(11)18/h4-7,10H,3,8-9H2,1-2H3/b11-10+. The molecule has 0 saturated heterocycles. The van der Waals surface area contributed by atoms with Crippen molar-refractivity contribution in [3.05, 3.63) is 46.6 Å². The van der Waals surface area contributed by atoms with E-state index in [2.05, 4.69) is 27.6 Å². The minimum absolute atomic E-state index is 0.131. The molecule has 0 aliphatic carbocycles. The van der Waals surface area contributed by atoms with E-state index in [1.165, 1.54) is 0 Å². The van der Waals surface area contributed by atoms with Crippen LogP contribution in [0, 0.1) is 0 Å². The molecule has 4 nitrogen and oxygen atoms in total. The van der Waals surface area contributed by atoms with Gasteiger partial charge in [-0.1, -0.05) is 12.1 Å². The highest BCUT2D eigenvalue weighted by atomic mass is 16.1. The first-order chi connectivity index (χ1) is 9.20. The Morgan fingerprint density at radius 3 is 3.00 bits per heavy atom. The average Bonchev–Trinajstić information content (AvgIpc) is 2.82. The topological polar surface area (TPSA) is 38.1 Å². The van der Waals surface area contributed by atoms with Gasteiger partial charge in [0.15, 0.2) is 0 Å². The molecular weight excluding hydrogens is 238 g/mol. The van der Waals surface area contributed by atoms with Crippen LogP contribution in [-0.2, 0) is 6.54 Å². The molecule has 0 fully saturated rings. The molecule has 0 atom stereocenters. The second-order valence-electron chi connectivity index (χ2n) is 4.89. The molecule has 0 spiro atoms. The maximum atomic E-state index is 12.1. The lowest BCUT2D eigenvalue weighted by Crippen LogP contribution is -2.15. The summed E-state index contributed by atoms with van der Waals surface area (Å²) < 4.78 is 2.14. The molecule has 1 aromatic heterocycles. The van der Waals surface area contributed by atoms with Gasteiger partial charge in [0, 0.05) is 31.9 Å². The number of aromatic nitrogens is 2. The largest absolute Gasteiger partial charge is 0.380 e. The SMILES string of the molecule is CCN(C)/C=C1\CCn2c1nc(=O)c1ccccc12. The first-order valence-corrected chi connectivity index (χ1v) is 6.61. The van der Waals surface area contributed by atoms with Gasteiger partial charge in [-0.15, -0.1) is 0 Å². The highest BCUT2D eigenvalue weighted by Gasteiger charge is 2.20. The van der Waals surface area contributed by atoms with E-state index < -0.39 is 0 Å². The second-order valence-corrected chi connectivity index (χ2v) is 4.89. The predicted molar refractivity (Wildman–Crippen MR) is 76.9 cm³/mol. The lowest BCUT2D eigenvalue weighted by molar-refractivity contribution is 0.484. The zero-order chi connectivity index (χ0) is 13.4. The third-order valence-corrected chi connectivity index (χ3v) is 3.66. The molecule has 0 bridgehead atoms. The molecule has 2 aromatic rings. The predicted octanol–water partition coefficient (Wildman–Crippen LogP) is 2.09. The maximum absolute atomic E-state index is 12.1. The molecule has 1 aliphatic rings. The van der Waals surface area contributed by atoms with Crippen molar-refractivity contribution in [2.75, 3.05) is 13.6 Å². The zero-order valence-electron chi connectivity index (χ0n) is 11.3. The van der Waals surface area contributed by atoms with Crippen LogP contribution in [0.1, 0.15) is 19.2 Å². The summed E-state index contributed by atoms with van der Waals surface area (Å²) in [5.74, 6) is 0.823. The van der Waals surface area contributed by atoms with Crippen molar-refractivity contribution in [3.63, 3.8) is 0 Å². The van der Waals surface area contributed by atoms with E-state index >= 15 is 0 Å². The van der Waals surface area contributed by atoms with Crippen molar-refractivity contribution in [1.29, 1.82) is 0 Å². The summed E-state index contributed by atoms with van der Waals surface area (Å²) >= 11 is 0. The number of rotatable bonds is 2. The molecule has 0 amide bonds. The molecule has 1 aromatic carbocycles. The van der Waals surface area contributed by atoms with Gasteiger partial charge in [0.25, 0.3) is 5.56 Å². The van der Waals surface area contributed by atoms with Crippen molar-refractivity contribution in [1.82, 2.24) is 14.5 Å². The van der Waals surface area contributed by atoms with E-state index in [-0.39, 0.29) is 5.56 Å². The fourth-order valence-corrected chi connectivity index (χ4v) is 2.52. The number of fused-ring (bicyclic) bond motifs is 3. The molecular formula is C15H17N3O. The van der Waals surface area contributed by atoms with Crippen LogP contribution in [0.5, 0.6) is 0 Å². The highest BCUT2D eigenvalue weighted by Crippen LogP contribution is 2.27. The third-order valence-electron chi connectivity index (χ3n) is 3.66. The summed E-state index contributed by atoms with van der Waals surface area (Å²) in [4.78, 5) is 18.5. The van der Waals surface area contributed by atoms with Crippen LogP contribution in [-0.4, -0.2) is 28.0 Å². The van der Waals surface area contributed by atoms with Gasteiger partial charge in [-0.25, -0.2) is 0 Å². The monoisotopic (exact) mass is 255 g/mol. The van der Waals surface area contributed by atoms with Crippen LogP contribution in [0.25, 0.3) is 16.5 Å². The van der Waals surface area contributed by atoms with Crippen molar-refractivity contribution < 1.29 is 0 Å². The summed E-state index contributed by atoms with van der Waals surface area (Å²) in [6.45, 7) is 3.95. The number of hydrogen-bond acceptors (Lipinski definition) is 3. The first-order valence-electron chi connectivity index (χ1n) is 6.61. The summed E-state index contributed by atoms with van der Waals surface area (Å²) in [5.41, 5.74) is 2.00. The van der Waals surface area contributed by atoms with Crippen LogP contribution in [0.3, 0.4) is 0 Å². The Balaban J connectivity index is 2.23. The summed E-state index contributed by atoms with van der Waals surface area (Å²) in [5, 5.41) is 0.705. The van der Waals surface area contributed by atoms with Crippen molar-refractivity contribution in [3.8, 4) is 0 Å². The maximum Gasteiger partial charge on any atom is 0.281 e. The van der Waals surface area contributed by atoms with E-state index in [1.807, 2.05) is 31.3 Å². The summed E-state index contributed by atoms with van der Waals surface area (Å²) in [7, 11) is 2.04. The number of allylic oxidation sites excluding steroid dienone is 1. The van der Waals surface area contributed by atoms with Crippen molar-refractivity contribution in [2.24, 2.45) is 0 Å². The molecule has 0 N–H and O–H groups in total. The van der Waals surface area contributed by atoms with Gasteiger partial charge >= 0.3 is 0 Å². The quantitative estimate of drug-likeness (QED) is 0.824. The van der Waals surface area contributed by atoms with Crippen LogP contribution in [0.4, 0.5) is 0 Å². The molecule has 19 heavy (non-hydrogen) atoms. The molecule has 3 rings (SSSR count). The Morgan fingerprint density at radius 1 is 1.42 bits per heavy atom. The van der Waals surface area contributed by atoms with Crippen LogP contribution in [0.15, 0.2) is 35.3 Å². The Bertz CT molecular complexity index is 715. The van der Waals surface area contributed by atoms with E-state index in [9.17, 15) is 4.79 Å². The molecule has 0 saturated carbocycles. The molecule has 4 heteroatoms. The second kappa shape index (κ2) is 4.53. The molecule has 0 radical (unpaired) electrons. The van der Waals surface area contributed by atoms with Gasteiger partial charge in [-0.3, -0.25) is 4.79 Å². The van der Waals surface area contributed by atoms with Crippen LogP contribution >= 0.6 is 0 Å². The zero-order valence-corrected chi connectivity index (χ0v) is 11.3. The number of aryl methyl sites for hydroxylation is 1. The van der Waals surface area contributed by atoms with Crippen molar-refractivity contribution >= 4 is 16.5 Å². The highest BCUT2D eigenvalue weighted by molar-refractivity contribution is 5.81. The van der Waals surface area contributed by atoms with Gasteiger partial charge in [0.2, 0.25) is 0 Å². The lowest BCUT2D eigenvalue weighted by Gasteiger charge is -2.12. The third kappa shape index (κ3) is 1.93. The lowest BCUT2D eigenvalue weighted by atomic mass is 10.2. The van der Waals surface area contributed by atoms with Gasteiger partial charge in [0.05, 0.1) is 10.9 Å². The van der Waals surface area contributed by atoms with Gasteiger partial charge in [0.1, 0.15) is 5.82 Å². The first kappa shape index (κ1) is 12.0. The summed E-state index contributed by atoms with van der Waals surface area (Å²) in [6, 6.07) is 7.69. The minimum atomic E-state index is -0.131. The molecule has 0 unspecified atom stereocenters. The molecule has 98 valence electrons. The average molecular weight is 255 g/mol. The summed E-state index contributed by atoms with van der Waals surface area (Å²) in [6.07, 6.45) is 3.03. The fraction of sp³-hybridized carbons (Fsp3) is 0.333. The number of hydrogen-bond donors (Lipinski definition) is 0.